The second-order valence-corrected chi connectivity index (χ2v) is 13.8. The molecule has 0 saturated carbocycles. The lowest BCUT2D eigenvalue weighted by atomic mass is 10.0. The van der Waals surface area contributed by atoms with Gasteiger partial charge in [-0.1, -0.05) is 174 Å². The molecule has 0 aliphatic carbocycles. The third-order valence-electron chi connectivity index (χ3n) is 9.22. The molecule has 0 aromatic rings. The molecule has 0 radical (unpaired) electrons. The number of ether oxygens (including phenoxy) is 1. The molecule has 0 aromatic carbocycles. The fourth-order valence-corrected chi connectivity index (χ4v) is 6.29. The summed E-state index contributed by atoms with van der Waals surface area (Å²) < 4.78 is 5.86. The number of carbonyl (C=O) groups excluding carboxylic acids is 1. The standard InChI is InChI=1S/C41H78O4/c1-3-5-6-7-8-9-10-11-12-13-14-15-16-17-18-19-20-25-28-31-34-38-41(44)45-39(35-4-2)36-32-29-26-23-21-22-24-27-30-33-37-40(42)43/h11-12,39H,3-10,13-38H2,1-2H3,(H,42,43)/b12-11-. The van der Waals surface area contributed by atoms with E-state index >= 15 is 0 Å². The molecular formula is C41H78O4. The number of aliphatic carboxylic acids is 1. The molecule has 4 nitrogen and oxygen atoms in total. The van der Waals surface area contributed by atoms with E-state index in [-0.39, 0.29) is 12.1 Å². The summed E-state index contributed by atoms with van der Waals surface area (Å²) in [4.78, 5) is 22.9. The SMILES string of the molecule is CCCCCCCC/C=C\CCCCCCCCCCCCCC(=O)OC(CCC)CCCCCCCCCCCCC(=O)O. The van der Waals surface area contributed by atoms with E-state index in [1.54, 1.807) is 0 Å². The first-order valence-corrected chi connectivity index (χ1v) is 20.2. The number of esters is 1. The van der Waals surface area contributed by atoms with Crippen LogP contribution in [0.25, 0.3) is 0 Å². The minimum atomic E-state index is -0.675. The van der Waals surface area contributed by atoms with Gasteiger partial charge in [-0.2, -0.15) is 0 Å². The fraction of sp³-hybridized carbons (Fsp3) is 0.902. The Morgan fingerprint density at radius 3 is 1.27 bits per heavy atom. The van der Waals surface area contributed by atoms with Gasteiger partial charge < -0.3 is 9.84 Å². The normalized spacial score (nSPS) is 12.2. The summed E-state index contributed by atoms with van der Waals surface area (Å²) in [5, 5.41) is 8.67. The molecule has 0 aromatic heterocycles. The van der Waals surface area contributed by atoms with Gasteiger partial charge in [-0.05, 0) is 57.8 Å². The van der Waals surface area contributed by atoms with Gasteiger partial charge >= 0.3 is 11.9 Å². The van der Waals surface area contributed by atoms with Crippen molar-refractivity contribution in [3.8, 4) is 0 Å². The quantitative estimate of drug-likeness (QED) is 0.0419. The molecule has 1 N–H and O–H groups in total. The van der Waals surface area contributed by atoms with Gasteiger partial charge in [-0.15, -0.1) is 0 Å². The molecule has 4 heteroatoms. The summed E-state index contributed by atoms with van der Waals surface area (Å²) in [5.41, 5.74) is 0. The topological polar surface area (TPSA) is 63.6 Å². The van der Waals surface area contributed by atoms with Crippen molar-refractivity contribution in [2.24, 2.45) is 0 Å². The number of carboxylic acids is 1. The first-order valence-electron chi connectivity index (χ1n) is 20.2. The highest BCUT2D eigenvalue weighted by atomic mass is 16.5. The lowest BCUT2D eigenvalue weighted by Crippen LogP contribution is -2.18. The van der Waals surface area contributed by atoms with Gasteiger partial charge in [0.25, 0.3) is 0 Å². The summed E-state index contributed by atoms with van der Waals surface area (Å²) in [7, 11) is 0. The number of unbranched alkanes of at least 4 members (excludes halogenated alkanes) is 26. The van der Waals surface area contributed by atoms with Gasteiger partial charge in [0, 0.05) is 12.8 Å². The van der Waals surface area contributed by atoms with Crippen molar-refractivity contribution in [3.63, 3.8) is 0 Å². The smallest absolute Gasteiger partial charge is 0.306 e. The number of hydrogen-bond acceptors (Lipinski definition) is 3. The monoisotopic (exact) mass is 635 g/mol. The van der Waals surface area contributed by atoms with Crippen LogP contribution < -0.4 is 0 Å². The second kappa shape index (κ2) is 37.1. The summed E-state index contributed by atoms with van der Waals surface area (Å²) in [6.45, 7) is 4.46. The molecule has 0 aliphatic rings. The average Bonchev–Trinajstić information content (AvgIpc) is 3.02. The van der Waals surface area contributed by atoms with Crippen LogP contribution >= 0.6 is 0 Å². The zero-order valence-corrected chi connectivity index (χ0v) is 30.4. The minimum absolute atomic E-state index is 0.0186. The maximum absolute atomic E-state index is 12.4. The molecule has 0 rings (SSSR count). The van der Waals surface area contributed by atoms with Crippen molar-refractivity contribution < 1.29 is 19.4 Å². The number of allylic oxidation sites excluding steroid dienone is 2. The van der Waals surface area contributed by atoms with E-state index in [1.165, 1.54) is 148 Å². The van der Waals surface area contributed by atoms with Crippen LogP contribution in [0.2, 0.25) is 0 Å². The molecular weight excluding hydrogens is 556 g/mol. The molecule has 0 aliphatic heterocycles. The van der Waals surface area contributed by atoms with Gasteiger partial charge in [0.2, 0.25) is 0 Å². The Kier molecular flexibility index (Phi) is 36.1. The minimum Gasteiger partial charge on any atom is -0.481 e. The van der Waals surface area contributed by atoms with E-state index in [0.29, 0.717) is 12.8 Å². The number of hydrogen-bond donors (Lipinski definition) is 1. The maximum Gasteiger partial charge on any atom is 0.306 e. The highest BCUT2D eigenvalue weighted by Crippen LogP contribution is 2.18. The number of carboxylic acid groups (broad SMARTS) is 1. The fourth-order valence-electron chi connectivity index (χ4n) is 6.29. The number of rotatable bonds is 37. The maximum atomic E-state index is 12.4. The molecule has 266 valence electrons. The molecule has 0 fully saturated rings. The molecule has 0 saturated heterocycles. The average molecular weight is 635 g/mol. The van der Waals surface area contributed by atoms with Gasteiger partial charge in [0.1, 0.15) is 6.10 Å². The summed E-state index contributed by atoms with van der Waals surface area (Å²) in [6.07, 6.45) is 45.9. The Labute approximate surface area is 281 Å². The molecule has 1 unspecified atom stereocenters. The van der Waals surface area contributed by atoms with E-state index in [0.717, 1.165) is 57.8 Å². The Bertz CT molecular complexity index is 643. The Morgan fingerprint density at radius 2 is 0.844 bits per heavy atom. The zero-order valence-electron chi connectivity index (χ0n) is 30.4. The molecule has 0 bridgehead atoms. The van der Waals surface area contributed by atoms with Crippen LogP contribution in [-0.4, -0.2) is 23.1 Å². The van der Waals surface area contributed by atoms with Crippen molar-refractivity contribution >= 4 is 11.9 Å². The Morgan fingerprint density at radius 1 is 0.467 bits per heavy atom. The molecule has 1 atom stereocenters. The lowest BCUT2D eigenvalue weighted by Gasteiger charge is -2.17. The molecule has 45 heavy (non-hydrogen) atoms. The van der Waals surface area contributed by atoms with E-state index in [9.17, 15) is 9.59 Å². The van der Waals surface area contributed by atoms with Crippen LogP contribution in [0.5, 0.6) is 0 Å². The van der Waals surface area contributed by atoms with Gasteiger partial charge in [0.15, 0.2) is 0 Å². The second-order valence-electron chi connectivity index (χ2n) is 13.8. The summed E-state index contributed by atoms with van der Waals surface area (Å²) in [6, 6.07) is 0. The van der Waals surface area contributed by atoms with Crippen LogP contribution in [-0.2, 0) is 14.3 Å². The van der Waals surface area contributed by atoms with Crippen molar-refractivity contribution in [3.05, 3.63) is 12.2 Å². The predicted molar refractivity (Wildman–Crippen MR) is 195 cm³/mol. The molecule has 0 spiro atoms. The first-order chi connectivity index (χ1) is 22.1. The van der Waals surface area contributed by atoms with Crippen LogP contribution in [0.15, 0.2) is 12.2 Å². The van der Waals surface area contributed by atoms with Gasteiger partial charge in [-0.3, -0.25) is 9.59 Å². The third kappa shape index (κ3) is 37.0. The first kappa shape index (κ1) is 43.7. The Balaban J connectivity index is 3.48. The predicted octanol–water partition coefficient (Wildman–Crippen LogP) is 13.8. The highest BCUT2D eigenvalue weighted by molar-refractivity contribution is 5.69. The number of carbonyl (C=O) groups is 2. The van der Waals surface area contributed by atoms with E-state index in [4.69, 9.17) is 9.84 Å². The third-order valence-corrected chi connectivity index (χ3v) is 9.22. The van der Waals surface area contributed by atoms with Crippen LogP contribution in [0.1, 0.15) is 232 Å². The van der Waals surface area contributed by atoms with Crippen LogP contribution in [0.3, 0.4) is 0 Å². The molecule has 0 amide bonds. The summed E-state index contributed by atoms with van der Waals surface area (Å²) in [5.74, 6) is -0.656. The van der Waals surface area contributed by atoms with Crippen molar-refractivity contribution in [2.75, 3.05) is 0 Å². The zero-order chi connectivity index (χ0) is 32.9. The van der Waals surface area contributed by atoms with E-state index in [1.807, 2.05) is 0 Å². The van der Waals surface area contributed by atoms with Crippen molar-refractivity contribution in [1.29, 1.82) is 0 Å². The van der Waals surface area contributed by atoms with Gasteiger partial charge in [-0.25, -0.2) is 0 Å². The van der Waals surface area contributed by atoms with Crippen LogP contribution in [0.4, 0.5) is 0 Å². The Hall–Kier alpha value is -1.32. The van der Waals surface area contributed by atoms with Crippen LogP contribution in [0, 0.1) is 0 Å². The molecule has 0 heterocycles. The van der Waals surface area contributed by atoms with Crippen molar-refractivity contribution in [1.82, 2.24) is 0 Å². The largest absolute Gasteiger partial charge is 0.481 e. The van der Waals surface area contributed by atoms with Crippen molar-refractivity contribution in [2.45, 2.75) is 238 Å². The summed E-state index contributed by atoms with van der Waals surface area (Å²) >= 11 is 0. The van der Waals surface area contributed by atoms with Gasteiger partial charge in [0.05, 0.1) is 0 Å². The van der Waals surface area contributed by atoms with E-state index < -0.39 is 5.97 Å². The van der Waals surface area contributed by atoms with E-state index in [2.05, 4.69) is 26.0 Å². The lowest BCUT2D eigenvalue weighted by molar-refractivity contribution is -0.150. The highest BCUT2D eigenvalue weighted by Gasteiger charge is 2.13.